The fraction of sp³-hybridized carbons (Fsp3) is 0.344. The zero-order chi connectivity index (χ0) is 33.6. The second-order valence-corrected chi connectivity index (χ2v) is 13.2. The first kappa shape index (κ1) is 33.5. The summed E-state index contributed by atoms with van der Waals surface area (Å²) in [6, 6.07) is 17.6. The first-order valence-corrected chi connectivity index (χ1v) is 16.3. The average molecular weight is 669 g/mol. The van der Waals surface area contributed by atoms with Crippen LogP contribution in [-0.2, 0) is 23.1 Å². The van der Waals surface area contributed by atoms with E-state index in [0.717, 1.165) is 5.56 Å². The van der Waals surface area contributed by atoms with Gasteiger partial charge in [-0.25, -0.2) is 13.2 Å². The van der Waals surface area contributed by atoms with Crippen molar-refractivity contribution in [1.82, 2.24) is 19.5 Å². The molecule has 1 aromatic heterocycles. The van der Waals surface area contributed by atoms with Gasteiger partial charge in [0.2, 0.25) is 22.6 Å². The quantitative estimate of drug-likeness (QED) is 0.127. The fourth-order valence-electron chi connectivity index (χ4n) is 4.97. The van der Waals surface area contributed by atoms with Crippen LogP contribution in [0.2, 0.25) is 0 Å². The fourth-order valence-corrected chi connectivity index (χ4v) is 6.60. The molecule has 0 saturated heterocycles. The van der Waals surface area contributed by atoms with Crippen LogP contribution in [0, 0.1) is 5.92 Å². The third-order valence-electron chi connectivity index (χ3n) is 7.37. The van der Waals surface area contributed by atoms with Gasteiger partial charge in [-0.15, -0.1) is 0 Å². The SMILES string of the molecule is COc1ccc(-c2nc(COc3ccc(CC(CCN(CC(C)C)S(=O)(=O)c4ccc5c(c4)OCO5)N(O)C(=O)O)cc3)no2)cc1. The molecule has 0 radical (unpaired) electrons. The largest absolute Gasteiger partial charge is 0.497 e. The maximum Gasteiger partial charge on any atom is 0.431 e. The molecule has 4 aromatic rings. The molecule has 1 amide bonds. The molecular weight excluding hydrogens is 632 g/mol. The van der Waals surface area contributed by atoms with Crippen LogP contribution in [-0.4, -0.2) is 77.4 Å². The molecule has 1 aliphatic heterocycles. The van der Waals surface area contributed by atoms with Gasteiger partial charge in [0.05, 0.1) is 18.0 Å². The van der Waals surface area contributed by atoms with Crippen LogP contribution in [0.15, 0.2) is 76.1 Å². The lowest BCUT2D eigenvalue weighted by atomic mass is 10.0. The summed E-state index contributed by atoms with van der Waals surface area (Å²) in [5.74, 6) is 2.69. The van der Waals surface area contributed by atoms with Gasteiger partial charge in [-0.1, -0.05) is 31.1 Å². The van der Waals surface area contributed by atoms with Crippen LogP contribution in [0.1, 0.15) is 31.7 Å². The number of hydrogen-bond acceptors (Lipinski definition) is 11. The van der Waals surface area contributed by atoms with Crippen molar-refractivity contribution in [3.05, 3.63) is 78.1 Å². The molecule has 15 heteroatoms. The summed E-state index contributed by atoms with van der Waals surface area (Å²) in [7, 11) is -2.39. The van der Waals surface area contributed by atoms with E-state index < -0.39 is 22.2 Å². The maximum atomic E-state index is 13.6. The minimum atomic E-state index is -3.97. The summed E-state index contributed by atoms with van der Waals surface area (Å²) in [5, 5.41) is 24.2. The molecule has 0 bridgehead atoms. The van der Waals surface area contributed by atoms with Gasteiger partial charge in [0.1, 0.15) is 11.5 Å². The Morgan fingerprint density at radius 1 is 1.00 bits per heavy atom. The van der Waals surface area contributed by atoms with Gasteiger partial charge in [-0.2, -0.15) is 14.4 Å². The monoisotopic (exact) mass is 668 g/mol. The molecule has 5 rings (SSSR count). The smallest absolute Gasteiger partial charge is 0.431 e. The standard InChI is InChI=1S/C32H36N4O10S/c1-21(2)18-35(47(40,41)27-12-13-28-29(17-27)45-20-44-28)15-14-24(36(39)32(37)38)16-22-4-8-26(9-5-22)43-19-30-33-31(46-34-30)23-6-10-25(42-3)11-7-23/h4-13,17,21,24,39H,14-16,18-20H2,1-3H3,(H,37,38). The molecule has 0 fully saturated rings. The number of carbonyl (C=O) groups is 1. The minimum Gasteiger partial charge on any atom is -0.497 e. The number of aromatic nitrogens is 2. The number of sulfonamides is 1. The van der Waals surface area contributed by atoms with Gasteiger partial charge in [0.25, 0.3) is 5.89 Å². The summed E-state index contributed by atoms with van der Waals surface area (Å²) in [6.07, 6.45) is -1.39. The molecule has 47 heavy (non-hydrogen) atoms. The van der Waals surface area contributed by atoms with E-state index in [-0.39, 0.29) is 55.2 Å². The van der Waals surface area contributed by atoms with Crippen molar-refractivity contribution < 1.29 is 47.0 Å². The predicted octanol–water partition coefficient (Wildman–Crippen LogP) is 5.07. The van der Waals surface area contributed by atoms with Crippen molar-refractivity contribution in [3.63, 3.8) is 0 Å². The van der Waals surface area contributed by atoms with E-state index in [1.807, 2.05) is 13.8 Å². The van der Waals surface area contributed by atoms with E-state index in [9.17, 15) is 23.5 Å². The van der Waals surface area contributed by atoms with Gasteiger partial charge < -0.3 is 28.6 Å². The number of methoxy groups -OCH3 is 1. The van der Waals surface area contributed by atoms with Gasteiger partial charge in [-0.05, 0) is 72.9 Å². The summed E-state index contributed by atoms with van der Waals surface area (Å²) >= 11 is 0. The van der Waals surface area contributed by atoms with E-state index in [2.05, 4.69) is 10.1 Å². The number of ether oxygens (including phenoxy) is 4. The Morgan fingerprint density at radius 3 is 2.38 bits per heavy atom. The van der Waals surface area contributed by atoms with Gasteiger partial charge in [-0.3, -0.25) is 5.21 Å². The lowest BCUT2D eigenvalue weighted by molar-refractivity contribution is -0.0984. The number of amides is 1. The number of fused-ring (bicyclic) bond motifs is 1. The highest BCUT2D eigenvalue weighted by molar-refractivity contribution is 7.89. The third-order valence-corrected chi connectivity index (χ3v) is 9.23. The normalized spacial score (nSPS) is 13.1. The topological polar surface area (TPSA) is 174 Å². The lowest BCUT2D eigenvalue weighted by Gasteiger charge is -2.28. The Kier molecular flexibility index (Phi) is 10.5. The first-order valence-electron chi connectivity index (χ1n) is 14.8. The van der Waals surface area contributed by atoms with Crippen LogP contribution in [0.4, 0.5) is 4.79 Å². The van der Waals surface area contributed by atoms with Crippen LogP contribution < -0.4 is 18.9 Å². The first-order chi connectivity index (χ1) is 22.5. The molecule has 14 nitrogen and oxygen atoms in total. The second-order valence-electron chi connectivity index (χ2n) is 11.2. The number of hydrogen-bond donors (Lipinski definition) is 2. The summed E-state index contributed by atoms with van der Waals surface area (Å²) in [6.45, 7) is 3.99. The van der Waals surface area contributed by atoms with Gasteiger partial charge >= 0.3 is 6.09 Å². The van der Waals surface area contributed by atoms with Crippen LogP contribution in [0.5, 0.6) is 23.0 Å². The van der Waals surface area contributed by atoms with Crippen LogP contribution in [0.3, 0.4) is 0 Å². The Hall–Kier alpha value is -4.86. The van der Waals surface area contributed by atoms with Crippen molar-refractivity contribution in [3.8, 4) is 34.5 Å². The highest BCUT2D eigenvalue weighted by Gasteiger charge is 2.30. The Balaban J connectivity index is 1.22. The third kappa shape index (κ3) is 8.30. The van der Waals surface area contributed by atoms with Crippen molar-refractivity contribution in [2.75, 3.05) is 27.0 Å². The van der Waals surface area contributed by atoms with Crippen molar-refractivity contribution in [2.24, 2.45) is 5.92 Å². The van der Waals surface area contributed by atoms with E-state index in [1.165, 1.54) is 16.4 Å². The average Bonchev–Trinajstić information content (AvgIpc) is 3.75. The highest BCUT2D eigenvalue weighted by Crippen LogP contribution is 2.35. The Labute approximate surface area is 272 Å². The van der Waals surface area contributed by atoms with Crippen molar-refractivity contribution in [1.29, 1.82) is 0 Å². The molecular formula is C32H36N4O10S. The van der Waals surface area contributed by atoms with Gasteiger partial charge in [0.15, 0.2) is 18.1 Å². The second kappa shape index (κ2) is 14.7. The Morgan fingerprint density at radius 2 is 1.70 bits per heavy atom. The van der Waals surface area contributed by atoms with E-state index >= 15 is 0 Å². The molecule has 0 spiro atoms. The Bertz CT molecular complexity index is 1760. The zero-order valence-corrected chi connectivity index (χ0v) is 26.9. The molecule has 0 saturated carbocycles. The number of carboxylic acid groups (broad SMARTS) is 1. The maximum absolute atomic E-state index is 13.6. The van der Waals surface area contributed by atoms with E-state index in [0.29, 0.717) is 40.3 Å². The molecule has 3 aromatic carbocycles. The molecule has 2 heterocycles. The molecule has 2 N–H and O–H groups in total. The number of benzene rings is 3. The van der Waals surface area contributed by atoms with Crippen LogP contribution >= 0.6 is 0 Å². The molecule has 0 aliphatic carbocycles. The molecule has 1 atom stereocenters. The number of rotatable bonds is 15. The zero-order valence-electron chi connectivity index (χ0n) is 26.1. The van der Waals surface area contributed by atoms with Crippen molar-refractivity contribution >= 4 is 16.1 Å². The van der Waals surface area contributed by atoms with Crippen LogP contribution in [0.25, 0.3) is 11.5 Å². The number of nitrogens with zero attached hydrogens (tertiary/aromatic N) is 4. The lowest BCUT2D eigenvalue weighted by Crippen LogP contribution is -2.42. The van der Waals surface area contributed by atoms with Crippen molar-refractivity contribution in [2.45, 2.75) is 44.2 Å². The predicted molar refractivity (Wildman–Crippen MR) is 167 cm³/mol. The van der Waals surface area contributed by atoms with E-state index in [1.54, 1.807) is 61.7 Å². The molecule has 1 aliphatic rings. The van der Waals surface area contributed by atoms with Gasteiger partial charge in [0, 0.05) is 24.7 Å². The molecule has 250 valence electrons. The summed E-state index contributed by atoms with van der Waals surface area (Å²) < 4.78 is 55.5. The molecule has 1 unspecified atom stereocenters. The summed E-state index contributed by atoms with van der Waals surface area (Å²) in [5.41, 5.74) is 1.44. The number of hydroxylamine groups is 2. The highest BCUT2D eigenvalue weighted by atomic mass is 32.2. The summed E-state index contributed by atoms with van der Waals surface area (Å²) in [4.78, 5) is 16.1. The minimum absolute atomic E-state index is 0.00978. The van der Waals surface area contributed by atoms with E-state index in [4.69, 9.17) is 23.5 Å².